The number of nitrogens with one attached hydrogen (secondary N) is 1. The van der Waals surface area contributed by atoms with Gasteiger partial charge in [-0.25, -0.2) is 0 Å². The van der Waals surface area contributed by atoms with Crippen molar-refractivity contribution < 1.29 is 9.21 Å². The molecule has 3 N–H and O–H groups in total. The van der Waals surface area contributed by atoms with Gasteiger partial charge in [-0.15, -0.1) is 24.8 Å². The summed E-state index contributed by atoms with van der Waals surface area (Å²) in [5.41, 5.74) is 7.38. The SMILES string of the molecule is Cl.Cl.NCc1cc(C(=O)NC2CCN(Cc3ccccc3)CC2)co1. The second kappa shape index (κ2) is 10.5. The van der Waals surface area contributed by atoms with E-state index in [4.69, 9.17) is 10.2 Å². The van der Waals surface area contributed by atoms with Crippen LogP contribution in [-0.4, -0.2) is 29.9 Å². The van der Waals surface area contributed by atoms with Crippen molar-refractivity contribution in [2.45, 2.75) is 32.0 Å². The number of rotatable bonds is 5. The van der Waals surface area contributed by atoms with Gasteiger partial charge in [0.05, 0.1) is 12.1 Å². The maximum absolute atomic E-state index is 12.2. The summed E-state index contributed by atoms with van der Waals surface area (Å²) in [5, 5.41) is 3.09. The maximum Gasteiger partial charge on any atom is 0.254 e. The number of hydrogen-bond donors (Lipinski definition) is 2. The normalized spacial score (nSPS) is 15.1. The van der Waals surface area contributed by atoms with Crippen LogP contribution in [0.4, 0.5) is 0 Å². The molecule has 0 saturated carbocycles. The van der Waals surface area contributed by atoms with Gasteiger partial charge in [-0.05, 0) is 24.5 Å². The molecule has 5 nitrogen and oxygen atoms in total. The predicted octanol–water partition coefficient (Wildman–Crippen LogP) is 2.98. The van der Waals surface area contributed by atoms with Crippen molar-refractivity contribution in [3.8, 4) is 0 Å². The van der Waals surface area contributed by atoms with Crippen LogP contribution in [0.15, 0.2) is 47.1 Å². The molecule has 1 aliphatic rings. The Bertz CT molecular complexity index is 641. The first kappa shape index (κ1) is 21.5. The Morgan fingerprint density at radius 1 is 1.20 bits per heavy atom. The summed E-state index contributed by atoms with van der Waals surface area (Å²) >= 11 is 0. The van der Waals surface area contributed by atoms with Crippen LogP contribution >= 0.6 is 24.8 Å². The minimum Gasteiger partial charge on any atom is -0.467 e. The highest BCUT2D eigenvalue weighted by Gasteiger charge is 2.21. The minimum absolute atomic E-state index is 0. The molecular formula is C18H25Cl2N3O2. The summed E-state index contributed by atoms with van der Waals surface area (Å²) in [7, 11) is 0. The number of halogens is 2. The smallest absolute Gasteiger partial charge is 0.254 e. The largest absolute Gasteiger partial charge is 0.467 e. The topological polar surface area (TPSA) is 71.5 Å². The van der Waals surface area contributed by atoms with Crippen LogP contribution in [0.3, 0.4) is 0 Å². The number of benzene rings is 1. The van der Waals surface area contributed by atoms with Gasteiger partial charge < -0.3 is 15.5 Å². The lowest BCUT2D eigenvalue weighted by molar-refractivity contribution is 0.0908. The van der Waals surface area contributed by atoms with Gasteiger partial charge in [-0.2, -0.15) is 0 Å². The molecule has 1 aromatic carbocycles. The highest BCUT2D eigenvalue weighted by atomic mass is 35.5. The van der Waals surface area contributed by atoms with E-state index >= 15 is 0 Å². The van der Waals surface area contributed by atoms with E-state index in [1.807, 2.05) is 6.07 Å². The van der Waals surface area contributed by atoms with Crippen LogP contribution in [0.25, 0.3) is 0 Å². The van der Waals surface area contributed by atoms with Crippen molar-refractivity contribution in [3.05, 3.63) is 59.5 Å². The molecule has 0 atom stereocenters. The number of carbonyl (C=O) groups is 1. The van der Waals surface area contributed by atoms with Crippen LogP contribution in [0.5, 0.6) is 0 Å². The second-order valence-corrected chi connectivity index (χ2v) is 6.02. The molecule has 7 heteroatoms. The van der Waals surface area contributed by atoms with E-state index in [0.717, 1.165) is 32.5 Å². The van der Waals surface area contributed by atoms with Gasteiger partial charge in [0.1, 0.15) is 12.0 Å². The maximum atomic E-state index is 12.2. The van der Waals surface area contributed by atoms with Crippen LogP contribution in [0.1, 0.15) is 34.5 Å². The predicted molar refractivity (Wildman–Crippen MR) is 103 cm³/mol. The Balaban J connectivity index is 0.00000156. The van der Waals surface area contributed by atoms with E-state index in [2.05, 4.69) is 34.5 Å². The van der Waals surface area contributed by atoms with Crippen LogP contribution in [0, 0.1) is 0 Å². The van der Waals surface area contributed by atoms with Crippen molar-refractivity contribution >= 4 is 30.7 Å². The lowest BCUT2D eigenvalue weighted by atomic mass is 10.0. The van der Waals surface area contributed by atoms with Crippen molar-refractivity contribution in [2.75, 3.05) is 13.1 Å². The van der Waals surface area contributed by atoms with Gasteiger partial charge in [-0.3, -0.25) is 9.69 Å². The molecule has 0 spiro atoms. The van der Waals surface area contributed by atoms with E-state index in [1.54, 1.807) is 6.07 Å². The average molecular weight is 386 g/mol. The Morgan fingerprint density at radius 2 is 1.88 bits per heavy atom. The minimum atomic E-state index is -0.0741. The third-order valence-corrected chi connectivity index (χ3v) is 4.29. The third kappa shape index (κ3) is 6.04. The first-order valence-electron chi connectivity index (χ1n) is 8.09. The number of furan rings is 1. The molecule has 1 amide bonds. The summed E-state index contributed by atoms with van der Waals surface area (Å²) in [6, 6.07) is 12.4. The molecule has 138 valence electrons. The van der Waals surface area contributed by atoms with Gasteiger partial charge in [0.25, 0.3) is 5.91 Å². The molecule has 0 aliphatic carbocycles. The lowest BCUT2D eigenvalue weighted by Gasteiger charge is -2.32. The van der Waals surface area contributed by atoms with Crippen molar-refractivity contribution in [1.82, 2.24) is 10.2 Å². The summed E-state index contributed by atoms with van der Waals surface area (Å²) in [4.78, 5) is 14.6. The zero-order valence-corrected chi connectivity index (χ0v) is 15.7. The van der Waals surface area contributed by atoms with Crippen molar-refractivity contribution in [2.24, 2.45) is 5.73 Å². The zero-order chi connectivity index (χ0) is 16.1. The number of piperidine rings is 1. The monoisotopic (exact) mass is 385 g/mol. The summed E-state index contributed by atoms with van der Waals surface area (Å²) < 4.78 is 5.21. The number of likely N-dealkylation sites (tertiary alicyclic amines) is 1. The molecule has 1 fully saturated rings. The van der Waals surface area contributed by atoms with Crippen LogP contribution in [-0.2, 0) is 13.1 Å². The van der Waals surface area contributed by atoms with Crippen LogP contribution in [0.2, 0.25) is 0 Å². The van der Waals surface area contributed by atoms with E-state index in [-0.39, 0.29) is 36.8 Å². The van der Waals surface area contributed by atoms with Gasteiger partial charge >= 0.3 is 0 Å². The number of carbonyl (C=O) groups excluding carboxylic acids is 1. The Morgan fingerprint density at radius 3 is 2.48 bits per heavy atom. The lowest BCUT2D eigenvalue weighted by Crippen LogP contribution is -2.44. The van der Waals surface area contributed by atoms with E-state index in [0.29, 0.717) is 17.9 Å². The molecule has 1 saturated heterocycles. The van der Waals surface area contributed by atoms with Crippen molar-refractivity contribution in [3.63, 3.8) is 0 Å². The molecular weight excluding hydrogens is 361 g/mol. The van der Waals surface area contributed by atoms with E-state index in [1.165, 1.54) is 11.8 Å². The van der Waals surface area contributed by atoms with Gasteiger partial charge in [0.2, 0.25) is 0 Å². The second-order valence-electron chi connectivity index (χ2n) is 6.02. The fourth-order valence-corrected chi connectivity index (χ4v) is 2.95. The average Bonchev–Trinajstić information content (AvgIpc) is 3.07. The molecule has 25 heavy (non-hydrogen) atoms. The molecule has 3 rings (SSSR count). The highest BCUT2D eigenvalue weighted by molar-refractivity contribution is 5.94. The Hall–Kier alpha value is -1.53. The molecule has 0 bridgehead atoms. The molecule has 0 radical (unpaired) electrons. The standard InChI is InChI=1S/C18H23N3O2.2ClH/c19-11-17-10-15(13-23-17)18(22)20-16-6-8-21(9-7-16)12-14-4-2-1-3-5-14;;/h1-5,10,13,16H,6-9,11-12,19H2,(H,20,22);2*1H. The summed E-state index contributed by atoms with van der Waals surface area (Å²) in [6.07, 6.45) is 3.42. The number of amides is 1. The molecule has 0 unspecified atom stereocenters. The third-order valence-electron chi connectivity index (χ3n) is 4.29. The fourth-order valence-electron chi connectivity index (χ4n) is 2.95. The Labute approximate surface area is 160 Å². The van der Waals surface area contributed by atoms with E-state index < -0.39 is 0 Å². The summed E-state index contributed by atoms with van der Waals surface area (Å²) in [5.74, 6) is 0.558. The summed E-state index contributed by atoms with van der Waals surface area (Å²) in [6.45, 7) is 3.28. The number of nitrogens with zero attached hydrogens (tertiary/aromatic N) is 1. The van der Waals surface area contributed by atoms with Gasteiger partial charge in [-0.1, -0.05) is 30.3 Å². The van der Waals surface area contributed by atoms with E-state index in [9.17, 15) is 4.79 Å². The number of hydrogen-bond acceptors (Lipinski definition) is 4. The molecule has 2 aromatic rings. The highest BCUT2D eigenvalue weighted by Crippen LogP contribution is 2.15. The molecule has 2 heterocycles. The van der Waals surface area contributed by atoms with Crippen molar-refractivity contribution in [1.29, 1.82) is 0 Å². The first-order chi connectivity index (χ1) is 11.2. The van der Waals surface area contributed by atoms with Gasteiger partial charge in [0.15, 0.2) is 0 Å². The molecule has 1 aliphatic heterocycles. The quantitative estimate of drug-likeness (QED) is 0.829. The first-order valence-corrected chi connectivity index (χ1v) is 8.09. The fraction of sp³-hybridized carbons (Fsp3) is 0.389. The Kier molecular flexibility index (Phi) is 9.00. The van der Waals surface area contributed by atoms with Gasteiger partial charge in [0, 0.05) is 25.7 Å². The molecule has 1 aromatic heterocycles. The zero-order valence-electron chi connectivity index (χ0n) is 14.0. The number of nitrogens with two attached hydrogens (primary N) is 1. The van der Waals surface area contributed by atoms with Crippen LogP contribution < -0.4 is 11.1 Å².